The molecule has 4 N–H and O–H groups in total. The van der Waals surface area contributed by atoms with Gasteiger partial charge in [0.05, 0.1) is 29.8 Å². The van der Waals surface area contributed by atoms with Crippen molar-refractivity contribution in [1.29, 1.82) is 0 Å². The lowest BCUT2D eigenvalue weighted by molar-refractivity contribution is -0.142. The van der Waals surface area contributed by atoms with Crippen molar-refractivity contribution in [2.75, 3.05) is 12.4 Å². The van der Waals surface area contributed by atoms with Crippen LogP contribution in [0.1, 0.15) is 57.4 Å². The second-order valence-corrected chi connectivity index (χ2v) is 10.1. The number of thioether (sulfide) groups is 1. The third-order valence-corrected chi connectivity index (χ3v) is 7.92. The van der Waals surface area contributed by atoms with Gasteiger partial charge in [0.1, 0.15) is 12.4 Å². The van der Waals surface area contributed by atoms with Crippen LogP contribution in [-0.2, 0) is 11.0 Å². The van der Waals surface area contributed by atoms with Crippen LogP contribution in [0, 0.1) is 11.8 Å². The fourth-order valence-electron chi connectivity index (χ4n) is 4.33. The molecule has 34 heavy (non-hydrogen) atoms. The summed E-state index contributed by atoms with van der Waals surface area (Å²) in [6.45, 7) is 1.67. The molecule has 2 rings (SSSR count). The van der Waals surface area contributed by atoms with Gasteiger partial charge in [-0.05, 0) is 43.4 Å². The van der Waals surface area contributed by atoms with Gasteiger partial charge in [0.2, 0.25) is 0 Å². The highest BCUT2D eigenvalue weighted by molar-refractivity contribution is 8.00. The Kier molecular flexibility index (Phi) is 11.5. The number of carboxylic acids is 1. The van der Waals surface area contributed by atoms with Gasteiger partial charge in [-0.15, -0.1) is 0 Å². The Morgan fingerprint density at radius 1 is 1.21 bits per heavy atom. The number of aliphatic carboxylic acids is 1. The molecule has 0 heterocycles. The molecular formula is C24H35F3O6S. The van der Waals surface area contributed by atoms with E-state index < -0.39 is 36.0 Å². The van der Waals surface area contributed by atoms with Crippen LogP contribution < -0.4 is 4.74 Å². The van der Waals surface area contributed by atoms with Gasteiger partial charge in [-0.3, -0.25) is 4.79 Å². The van der Waals surface area contributed by atoms with Gasteiger partial charge in [-0.2, -0.15) is 24.9 Å². The lowest BCUT2D eigenvalue weighted by atomic mass is 9.94. The molecule has 6 atom stereocenters. The molecule has 194 valence electrons. The first-order chi connectivity index (χ1) is 16.0. The van der Waals surface area contributed by atoms with Crippen molar-refractivity contribution in [3.8, 4) is 5.75 Å². The zero-order chi connectivity index (χ0) is 25.3. The van der Waals surface area contributed by atoms with Crippen molar-refractivity contribution in [2.45, 2.75) is 81.6 Å². The van der Waals surface area contributed by atoms with Crippen molar-refractivity contribution in [3.63, 3.8) is 0 Å². The molecule has 1 aromatic rings. The van der Waals surface area contributed by atoms with Gasteiger partial charge in [-0.25, -0.2) is 0 Å². The standard InChI is InChI=1S/C24H35F3O6S/c1-2-15(23(31)32)7-4-3-5-10-19-20(29)12-21(30)22(19)34-14-17(28)13-33-18-9-6-8-16(11-18)24(25,26)27/h6,8-9,11,15,17,19-22,28-30H,2-5,7,10,12-14H2,1H3,(H,31,32). The van der Waals surface area contributed by atoms with Gasteiger partial charge in [0, 0.05) is 17.4 Å². The van der Waals surface area contributed by atoms with Gasteiger partial charge >= 0.3 is 12.1 Å². The minimum Gasteiger partial charge on any atom is -0.491 e. The van der Waals surface area contributed by atoms with Gasteiger partial charge in [-0.1, -0.05) is 32.3 Å². The topological polar surface area (TPSA) is 107 Å². The first-order valence-corrected chi connectivity index (χ1v) is 12.8. The molecule has 0 saturated heterocycles. The van der Waals surface area contributed by atoms with E-state index in [1.165, 1.54) is 23.9 Å². The number of carboxylic acid groups (broad SMARTS) is 1. The van der Waals surface area contributed by atoms with Crippen LogP contribution in [0.4, 0.5) is 13.2 Å². The van der Waals surface area contributed by atoms with Crippen molar-refractivity contribution < 1.29 is 43.1 Å². The van der Waals surface area contributed by atoms with Crippen molar-refractivity contribution in [1.82, 2.24) is 0 Å². The molecule has 6 unspecified atom stereocenters. The Bertz CT molecular complexity index is 762. The fourth-order valence-corrected chi connectivity index (χ4v) is 5.77. The second kappa shape index (κ2) is 13.6. The first kappa shape index (κ1) is 28.7. The highest BCUT2D eigenvalue weighted by Gasteiger charge is 2.41. The average molecular weight is 509 g/mol. The SMILES string of the molecule is CCC(CCCCCC1C(O)CC(O)C1SCC(O)COc1cccc(C(F)(F)F)c1)C(=O)O. The fraction of sp³-hybridized carbons (Fsp3) is 0.708. The van der Waals surface area contributed by atoms with E-state index in [0.717, 1.165) is 31.4 Å². The summed E-state index contributed by atoms with van der Waals surface area (Å²) in [5.74, 6) is -1.02. The van der Waals surface area contributed by atoms with E-state index >= 15 is 0 Å². The van der Waals surface area contributed by atoms with Crippen LogP contribution >= 0.6 is 11.8 Å². The zero-order valence-corrected chi connectivity index (χ0v) is 20.1. The van der Waals surface area contributed by atoms with Gasteiger partial charge < -0.3 is 25.2 Å². The highest BCUT2D eigenvalue weighted by atomic mass is 32.2. The van der Waals surface area contributed by atoms with Crippen LogP contribution in [0.3, 0.4) is 0 Å². The predicted octanol–water partition coefficient (Wildman–Crippen LogP) is 4.35. The summed E-state index contributed by atoms with van der Waals surface area (Å²) in [7, 11) is 0. The number of aliphatic hydroxyl groups is 3. The second-order valence-electron chi connectivity index (χ2n) is 8.90. The quantitative estimate of drug-likeness (QED) is 0.277. The minimum absolute atomic E-state index is 0.0151. The third kappa shape index (κ3) is 8.94. The van der Waals surface area contributed by atoms with Crippen LogP contribution in [0.2, 0.25) is 0 Å². The summed E-state index contributed by atoms with van der Waals surface area (Å²) in [5, 5.41) is 39.8. The number of hydrogen-bond donors (Lipinski definition) is 4. The Hall–Kier alpha value is -1.49. The first-order valence-electron chi connectivity index (χ1n) is 11.7. The predicted molar refractivity (Wildman–Crippen MR) is 124 cm³/mol. The molecule has 1 aliphatic rings. The van der Waals surface area contributed by atoms with Crippen molar-refractivity contribution in [3.05, 3.63) is 29.8 Å². The zero-order valence-electron chi connectivity index (χ0n) is 19.3. The average Bonchev–Trinajstić information content (AvgIpc) is 3.04. The summed E-state index contributed by atoms with van der Waals surface area (Å²) >= 11 is 1.33. The Labute approximate surface area is 202 Å². The van der Waals surface area contributed by atoms with Gasteiger partial charge in [0.15, 0.2) is 0 Å². The molecule has 10 heteroatoms. The number of carbonyl (C=O) groups is 1. The van der Waals surface area contributed by atoms with Crippen LogP contribution in [0.5, 0.6) is 5.75 Å². The maximum atomic E-state index is 12.8. The smallest absolute Gasteiger partial charge is 0.416 e. The Morgan fingerprint density at radius 2 is 1.94 bits per heavy atom. The molecule has 0 amide bonds. The Balaban J connectivity index is 1.76. The third-order valence-electron chi connectivity index (χ3n) is 6.30. The molecule has 0 spiro atoms. The van der Waals surface area contributed by atoms with Crippen LogP contribution in [-0.4, -0.2) is 62.3 Å². The molecule has 1 aliphatic carbocycles. The van der Waals surface area contributed by atoms with Crippen molar-refractivity contribution in [2.24, 2.45) is 11.8 Å². The monoisotopic (exact) mass is 508 g/mol. The lowest BCUT2D eigenvalue weighted by Gasteiger charge is -2.24. The minimum atomic E-state index is -4.48. The number of rotatable bonds is 14. The van der Waals surface area contributed by atoms with E-state index in [9.17, 15) is 33.3 Å². The Morgan fingerprint density at radius 3 is 2.59 bits per heavy atom. The number of ether oxygens (including phenoxy) is 1. The van der Waals surface area contributed by atoms with E-state index in [-0.39, 0.29) is 41.6 Å². The number of halogens is 3. The molecule has 0 bridgehead atoms. The van der Waals surface area contributed by atoms with Gasteiger partial charge in [0.25, 0.3) is 0 Å². The van der Waals surface area contributed by atoms with E-state index in [1.807, 2.05) is 6.92 Å². The lowest BCUT2D eigenvalue weighted by Crippen LogP contribution is -2.28. The van der Waals surface area contributed by atoms with E-state index in [4.69, 9.17) is 9.84 Å². The van der Waals surface area contributed by atoms with Crippen LogP contribution in [0.15, 0.2) is 24.3 Å². The van der Waals surface area contributed by atoms with Crippen molar-refractivity contribution >= 4 is 17.7 Å². The molecule has 1 fully saturated rings. The number of aliphatic hydroxyl groups excluding tert-OH is 3. The molecular weight excluding hydrogens is 473 g/mol. The van der Waals surface area contributed by atoms with E-state index in [0.29, 0.717) is 19.3 Å². The molecule has 0 aromatic heterocycles. The summed E-state index contributed by atoms with van der Waals surface area (Å²) in [6.07, 6.45) is -2.17. The normalized spacial score (nSPS) is 24.7. The van der Waals surface area contributed by atoms with E-state index in [2.05, 4.69) is 0 Å². The highest BCUT2D eigenvalue weighted by Crippen LogP contribution is 2.39. The van der Waals surface area contributed by atoms with Crippen LogP contribution in [0.25, 0.3) is 0 Å². The number of alkyl halides is 3. The molecule has 0 radical (unpaired) electrons. The molecule has 6 nitrogen and oxygen atoms in total. The largest absolute Gasteiger partial charge is 0.491 e. The molecule has 1 saturated carbocycles. The number of benzene rings is 1. The summed E-state index contributed by atoms with van der Waals surface area (Å²) in [5.41, 5.74) is -0.826. The molecule has 0 aliphatic heterocycles. The number of unbranched alkanes of at least 4 members (excludes halogenated alkanes) is 2. The maximum absolute atomic E-state index is 12.8. The maximum Gasteiger partial charge on any atom is 0.416 e. The summed E-state index contributed by atoms with van der Waals surface area (Å²) < 4.78 is 43.7. The molecule has 1 aromatic carbocycles. The summed E-state index contributed by atoms with van der Waals surface area (Å²) in [4.78, 5) is 11.1. The summed E-state index contributed by atoms with van der Waals surface area (Å²) in [6, 6.07) is 4.46. The number of hydrogen-bond acceptors (Lipinski definition) is 6. The van der Waals surface area contributed by atoms with E-state index in [1.54, 1.807) is 0 Å².